The van der Waals surface area contributed by atoms with Gasteiger partial charge in [0.2, 0.25) is 0 Å². The molecular formula is C11H19N3. The first-order valence-electron chi connectivity index (χ1n) is 5.39. The Kier molecular flexibility index (Phi) is 2.05. The Hall–Kier alpha value is -0.990. The number of rotatable bonds is 3. The van der Waals surface area contributed by atoms with Crippen molar-refractivity contribution < 1.29 is 0 Å². The van der Waals surface area contributed by atoms with Crippen LogP contribution >= 0.6 is 0 Å². The number of nitrogens with zero attached hydrogens (tertiary/aromatic N) is 1. The van der Waals surface area contributed by atoms with Gasteiger partial charge in [-0.1, -0.05) is 27.2 Å². The Morgan fingerprint density at radius 3 is 2.71 bits per heavy atom. The van der Waals surface area contributed by atoms with E-state index in [2.05, 4.69) is 31.0 Å². The van der Waals surface area contributed by atoms with Gasteiger partial charge in [0.25, 0.3) is 0 Å². The predicted molar refractivity (Wildman–Crippen MR) is 58.1 cm³/mol. The molecule has 1 aliphatic carbocycles. The Morgan fingerprint density at radius 2 is 2.21 bits per heavy atom. The van der Waals surface area contributed by atoms with Gasteiger partial charge in [-0.15, -0.1) is 0 Å². The molecule has 1 unspecified atom stereocenters. The first-order chi connectivity index (χ1) is 6.56. The molecule has 0 bridgehead atoms. The topological polar surface area (TPSA) is 54.7 Å². The van der Waals surface area contributed by atoms with Crippen molar-refractivity contribution in [3.8, 4) is 0 Å². The highest BCUT2D eigenvalue weighted by molar-refractivity contribution is 5.45. The molecule has 1 atom stereocenters. The third-order valence-electron chi connectivity index (χ3n) is 3.29. The van der Waals surface area contributed by atoms with Crippen LogP contribution in [-0.4, -0.2) is 10.2 Å². The highest BCUT2D eigenvalue weighted by Gasteiger charge is 2.48. The van der Waals surface area contributed by atoms with Crippen LogP contribution in [0.15, 0.2) is 0 Å². The van der Waals surface area contributed by atoms with Crippen molar-refractivity contribution >= 4 is 5.82 Å². The van der Waals surface area contributed by atoms with E-state index >= 15 is 0 Å². The fourth-order valence-corrected chi connectivity index (χ4v) is 2.15. The lowest BCUT2D eigenvalue weighted by Crippen LogP contribution is -1.97. The van der Waals surface area contributed by atoms with E-state index in [1.807, 2.05) is 0 Å². The lowest BCUT2D eigenvalue weighted by Gasteiger charge is -2.04. The third kappa shape index (κ3) is 1.41. The largest absolute Gasteiger partial charge is 0.382 e. The van der Waals surface area contributed by atoms with Gasteiger partial charge in [-0.05, 0) is 18.3 Å². The summed E-state index contributed by atoms with van der Waals surface area (Å²) in [5, 5.41) is 7.22. The number of aromatic amines is 1. The molecule has 1 aromatic rings. The number of nitrogens with two attached hydrogens (primary N) is 1. The molecular weight excluding hydrogens is 174 g/mol. The van der Waals surface area contributed by atoms with Gasteiger partial charge in [0.1, 0.15) is 5.82 Å². The predicted octanol–water partition coefficient (Wildman–Crippen LogP) is 2.46. The Balaban J connectivity index is 2.26. The number of nitrogens with one attached hydrogen (secondary N) is 1. The molecule has 2 rings (SSSR count). The van der Waals surface area contributed by atoms with Crippen LogP contribution in [0.2, 0.25) is 0 Å². The molecule has 0 spiro atoms. The van der Waals surface area contributed by atoms with E-state index in [4.69, 9.17) is 5.73 Å². The number of hydrogen-bond donors (Lipinski definition) is 2. The normalized spacial score (nSPS) is 23.8. The minimum atomic E-state index is 0.446. The zero-order chi connectivity index (χ0) is 10.3. The molecule has 1 heterocycles. The average molecular weight is 193 g/mol. The first-order valence-corrected chi connectivity index (χ1v) is 5.39. The Labute approximate surface area is 85.1 Å². The van der Waals surface area contributed by atoms with Gasteiger partial charge in [-0.2, -0.15) is 5.10 Å². The van der Waals surface area contributed by atoms with Gasteiger partial charge in [0.05, 0.1) is 0 Å². The molecule has 3 N–H and O–H groups in total. The van der Waals surface area contributed by atoms with E-state index in [1.165, 1.54) is 17.7 Å². The lowest BCUT2D eigenvalue weighted by molar-refractivity contribution is 0.612. The van der Waals surface area contributed by atoms with Gasteiger partial charge >= 0.3 is 0 Å². The minimum absolute atomic E-state index is 0.446. The summed E-state index contributed by atoms with van der Waals surface area (Å²) in [5.41, 5.74) is 8.82. The Bertz CT molecular complexity index is 338. The summed E-state index contributed by atoms with van der Waals surface area (Å²) in [6.07, 6.45) is 3.43. The minimum Gasteiger partial charge on any atom is -0.382 e. The summed E-state index contributed by atoms with van der Waals surface area (Å²) in [5.74, 6) is 1.35. The maximum Gasteiger partial charge on any atom is 0.148 e. The third-order valence-corrected chi connectivity index (χ3v) is 3.29. The molecule has 0 amide bonds. The van der Waals surface area contributed by atoms with E-state index in [-0.39, 0.29) is 0 Å². The number of nitrogen functional groups attached to an aromatic ring is 1. The molecule has 3 heteroatoms. The fraction of sp³-hybridized carbons (Fsp3) is 0.727. The van der Waals surface area contributed by atoms with Gasteiger partial charge < -0.3 is 5.73 Å². The van der Waals surface area contributed by atoms with Gasteiger partial charge in [-0.25, -0.2) is 0 Å². The summed E-state index contributed by atoms with van der Waals surface area (Å²) in [7, 11) is 0. The van der Waals surface area contributed by atoms with Crippen molar-refractivity contribution in [1.29, 1.82) is 0 Å². The number of H-pyrrole nitrogens is 1. The van der Waals surface area contributed by atoms with Crippen molar-refractivity contribution in [2.24, 2.45) is 5.41 Å². The number of aromatic nitrogens is 2. The van der Waals surface area contributed by atoms with E-state index in [9.17, 15) is 0 Å². The second-order valence-corrected chi connectivity index (χ2v) is 5.00. The van der Waals surface area contributed by atoms with Crippen LogP contribution in [0.25, 0.3) is 0 Å². The van der Waals surface area contributed by atoms with E-state index in [0.717, 1.165) is 12.8 Å². The first kappa shape index (κ1) is 9.56. The standard InChI is InChI=1S/C11H19N3/c1-4-5-7-9(13-14-10(7)12)8-6-11(8,2)3/h8H,4-6H2,1-3H3,(H3,12,13,14). The summed E-state index contributed by atoms with van der Waals surface area (Å²) in [6.45, 7) is 6.77. The average Bonchev–Trinajstić information content (AvgIpc) is 2.57. The smallest absolute Gasteiger partial charge is 0.148 e. The molecule has 0 radical (unpaired) electrons. The highest BCUT2D eigenvalue weighted by Crippen LogP contribution is 2.59. The monoisotopic (exact) mass is 193 g/mol. The van der Waals surface area contributed by atoms with Gasteiger partial charge in [0.15, 0.2) is 0 Å². The SMILES string of the molecule is CCCc1c(N)n[nH]c1C1CC1(C)C. The van der Waals surface area contributed by atoms with Crippen molar-refractivity contribution in [2.45, 2.75) is 46.0 Å². The molecule has 3 nitrogen and oxygen atoms in total. The quantitative estimate of drug-likeness (QED) is 0.774. The molecule has 0 aliphatic heterocycles. The summed E-state index contributed by atoms with van der Waals surface area (Å²) >= 11 is 0. The van der Waals surface area contributed by atoms with Gasteiger partial charge in [0, 0.05) is 17.2 Å². The maximum absolute atomic E-state index is 5.84. The van der Waals surface area contributed by atoms with Crippen LogP contribution in [0.5, 0.6) is 0 Å². The number of anilines is 1. The molecule has 1 saturated carbocycles. The Morgan fingerprint density at radius 1 is 1.57 bits per heavy atom. The van der Waals surface area contributed by atoms with Crippen LogP contribution < -0.4 is 5.73 Å². The van der Waals surface area contributed by atoms with Crippen molar-refractivity contribution in [3.63, 3.8) is 0 Å². The second kappa shape index (κ2) is 3.01. The van der Waals surface area contributed by atoms with Crippen LogP contribution in [0.3, 0.4) is 0 Å². The summed E-state index contributed by atoms with van der Waals surface area (Å²) in [4.78, 5) is 0. The van der Waals surface area contributed by atoms with E-state index < -0.39 is 0 Å². The van der Waals surface area contributed by atoms with Crippen molar-refractivity contribution in [1.82, 2.24) is 10.2 Å². The number of hydrogen-bond acceptors (Lipinski definition) is 2. The molecule has 78 valence electrons. The summed E-state index contributed by atoms with van der Waals surface area (Å²) < 4.78 is 0. The van der Waals surface area contributed by atoms with Crippen molar-refractivity contribution in [3.05, 3.63) is 11.3 Å². The van der Waals surface area contributed by atoms with Crippen LogP contribution in [0.4, 0.5) is 5.82 Å². The fourth-order valence-electron chi connectivity index (χ4n) is 2.15. The highest BCUT2D eigenvalue weighted by atomic mass is 15.2. The molecule has 1 fully saturated rings. The van der Waals surface area contributed by atoms with E-state index in [0.29, 0.717) is 17.2 Å². The van der Waals surface area contributed by atoms with Crippen LogP contribution in [-0.2, 0) is 6.42 Å². The summed E-state index contributed by atoms with van der Waals surface area (Å²) in [6, 6.07) is 0. The molecule has 1 aromatic heterocycles. The molecule has 1 aliphatic rings. The van der Waals surface area contributed by atoms with Crippen LogP contribution in [0, 0.1) is 5.41 Å². The van der Waals surface area contributed by atoms with Crippen molar-refractivity contribution in [2.75, 3.05) is 5.73 Å². The molecule has 0 saturated heterocycles. The zero-order valence-electron chi connectivity index (χ0n) is 9.22. The van der Waals surface area contributed by atoms with E-state index in [1.54, 1.807) is 0 Å². The second-order valence-electron chi connectivity index (χ2n) is 5.00. The lowest BCUT2D eigenvalue weighted by atomic mass is 10.0. The van der Waals surface area contributed by atoms with Gasteiger partial charge in [-0.3, -0.25) is 5.10 Å². The molecule has 14 heavy (non-hydrogen) atoms. The van der Waals surface area contributed by atoms with Crippen LogP contribution in [0.1, 0.15) is 50.8 Å². The maximum atomic E-state index is 5.84. The zero-order valence-corrected chi connectivity index (χ0v) is 9.22. The molecule has 0 aromatic carbocycles.